The van der Waals surface area contributed by atoms with E-state index in [4.69, 9.17) is 0 Å². The number of carbonyl (C=O) groups is 1. The number of benzene rings is 1. The first-order valence-corrected chi connectivity index (χ1v) is 11.9. The van der Waals surface area contributed by atoms with Crippen molar-refractivity contribution >= 4 is 32.4 Å². The van der Waals surface area contributed by atoms with Gasteiger partial charge >= 0.3 is 0 Å². The second kappa shape index (κ2) is 8.18. The van der Waals surface area contributed by atoms with Crippen molar-refractivity contribution in [2.75, 3.05) is 31.1 Å². The fraction of sp³-hybridized carbons (Fsp3) is 0.474. The lowest BCUT2D eigenvalue weighted by Crippen LogP contribution is -2.40. The van der Waals surface area contributed by atoms with Crippen molar-refractivity contribution in [3.05, 3.63) is 41.4 Å². The molecule has 7 nitrogen and oxygen atoms in total. The first-order valence-electron chi connectivity index (χ1n) is 9.60. The van der Waals surface area contributed by atoms with Crippen molar-refractivity contribution in [2.24, 2.45) is 0 Å². The van der Waals surface area contributed by atoms with Gasteiger partial charge in [-0.25, -0.2) is 13.4 Å². The van der Waals surface area contributed by atoms with Crippen LogP contribution in [-0.2, 0) is 10.0 Å². The Hall–Kier alpha value is -1.97. The highest BCUT2D eigenvalue weighted by Crippen LogP contribution is 2.27. The van der Waals surface area contributed by atoms with E-state index in [1.807, 2.05) is 5.38 Å². The quantitative estimate of drug-likeness (QED) is 0.776. The Morgan fingerprint density at radius 2 is 1.89 bits per heavy atom. The maximum atomic E-state index is 12.6. The smallest absolute Gasteiger partial charge is 0.251 e. The Labute approximate surface area is 169 Å². The van der Waals surface area contributed by atoms with E-state index in [0.29, 0.717) is 25.2 Å². The summed E-state index contributed by atoms with van der Waals surface area (Å²) in [6.07, 6.45) is 5.71. The standard InChI is InChI=1S/C19H24N4O3S2/c24-18(21-14-16-4-3-12-23(16)19-20-9-13-27-19)15-5-7-17(8-6-15)28(25,26)22-10-1-2-11-22/h5-9,13,16H,1-4,10-12,14H2,(H,21,24). The maximum absolute atomic E-state index is 12.6. The molecule has 150 valence electrons. The lowest BCUT2D eigenvalue weighted by Gasteiger charge is -2.24. The van der Waals surface area contributed by atoms with Gasteiger partial charge in [-0.15, -0.1) is 11.3 Å². The molecule has 2 aliphatic rings. The molecule has 1 N–H and O–H groups in total. The van der Waals surface area contributed by atoms with Gasteiger partial charge in [-0.05, 0) is 49.9 Å². The normalized spacial score (nSPS) is 20.6. The molecular weight excluding hydrogens is 396 g/mol. The fourth-order valence-corrected chi connectivity index (χ4v) is 6.08. The van der Waals surface area contributed by atoms with Crippen molar-refractivity contribution in [1.82, 2.24) is 14.6 Å². The van der Waals surface area contributed by atoms with Gasteiger partial charge in [0, 0.05) is 49.4 Å². The topological polar surface area (TPSA) is 82.6 Å². The highest BCUT2D eigenvalue weighted by Gasteiger charge is 2.28. The first-order chi connectivity index (χ1) is 13.6. The van der Waals surface area contributed by atoms with Crippen LogP contribution in [0.1, 0.15) is 36.0 Å². The van der Waals surface area contributed by atoms with E-state index in [1.54, 1.807) is 29.7 Å². The Kier molecular flexibility index (Phi) is 5.65. The van der Waals surface area contributed by atoms with Crippen molar-refractivity contribution in [1.29, 1.82) is 0 Å². The predicted octanol–water partition coefficient (Wildman–Crippen LogP) is 2.33. The number of hydrogen-bond acceptors (Lipinski definition) is 6. The molecular formula is C19H24N4O3S2. The van der Waals surface area contributed by atoms with Crippen molar-refractivity contribution in [3.8, 4) is 0 Å². The fourth-order valence-electron chi connectivity index (χ4n) is 3.83. The lowest BCUT2D eigenvalue weighted by molar-refractivity contribution is 0.0951. The summed E-state index contributed by atoms with van der Waals surface area (Å²) in [5.74, 6) is -0.184. The predicted molar refractivity (Wildman–Crippen MR) is 109 cm³/mol. The SMILES string of the molecule is O=C(NCC1CCCN1c1nccs1)c1ccc(S(=O)(=O)N2CCCC2)cc1. The van der Waals surface area contributed by atoms with Gasteiger partial charge in [0.1, 0.15) is 0 Å². The molecule has 0 bridgehead atoms. The van der Waals surface area contributed by atoms with E-state index in [9.17, 15) is 13.2 Å². The highest BCUT2D eigenvalue weighted by atomic mass is 32.2. The molecule has 1 atom stereocenters. The number of carbonyl (C=O) groups excluding carboxylic acids is 1. The number of anilines is 1. The Bertz CT molecular complexity index is 907. The zero-order valence-electron chi connectivity index (χ0n) is 15.6. The third-order valence-electron chi connectivity index (χ3n) is 5.36. The molecule has 1 aromatic heterocycles. The van der Waals surface area contributed by atoms with Gasteiger partial charge in [-0.1, -0.05) is 0 Å². The summed E-state index contributed by atoms with van der Waals surface area (Å²) in [5.41, 5.74) is 0.471. The van der Waals surface area contributed by atoms with E-state index >= 15 is 0 Å². The minimum Gasteiger partial charge on any atom is -0.350 e. The highest BCUT2D eigenvalue weighted by molar-refractivity contribution is 7.89. The molecule has 0 radical (unpaired) electrons. The molecule has 3 heterocycles. The number of nitrogens with zero attached hydrogens (tertiary/aromatic N) is 3. The molecule has 2 fully saturated rings. The number of hydrogen-bond donors (Lipinski definition) is 1. The second-order valence-electron chi connectivity index (χ2n) is 7.15. The van der Waals surface area contributed by atoms with Crippen molar-refractivity contribution < 1.29 is 13.2 Å². The summed E-state index contributed by atoms with van der Waals surface area (Å²) >= 11 is 1.61. The average Bonchev–Trinajstić information content (AvgIpc) is 3.48. The van der Waals surface area contributed by atoms with Gasteiger partial charge in [0.2, 0.25) is 10.0 Å². The molecule has 1 amide bonds. The van der Waals surface area contributed by atoms with Crippen molar-refractivity contribution in [3.63, 3.8) is 0 Å². The van der Waals surface area contributed by atoms with Crippen LogP contribution in [-0.4, -0.2) is 55.8 Å². The summed E-state index contributed by atoms with van der Waals surface area (Å²) in [6, 6.07) is 6.47. The molecule has 1 aromatic carbocycles. The number of thiazole rings is 1. The average molecular weight is 421 g/mol. The Morgan fingerprint density at radius 1 is 1.14 bits per heavy atom. The van der Waals surface area contributed by atoms with Crippen LogP contribution in [0.15, 0.2) is 40.7 Å². The Balaban J connectivity index is 1.37. The van der Waals surface area contributed by atoms with E-state index < -0.39 is 10.0 Å². The third kappa shape index (κ3) is 3.92. The first kappa shape index (κ1) is 19.4. The van der Waals surface area contributed by atoms with Crippen LogP contribution in [0.3, 0.4) is 0 Å². The van der Waals surface area contributed by atoms with Gasteiger partial charge in [-0.2, -0.15) is 4.31 Å². The molecule has 2 aromatic rings. The molecule has 1 unspecified atom stereocenters. The van der Waals surface area contributed by atoms with E-state index in [2.05, 4.69) is 15.2 Å². The molecule has 0 spiro atoms. The monoisotopic (exact) mass is 420 g/mol. The molecule has 4 rings (SSSR count). The zero-order chi connectivity index (χ0) is 19.6. The summed E-state index contributed by atoms with van der Waals surface area (Å²) in [4.78, 5) is 19.4. The number of rotatable bonds is 6. The zero-order valence-corrected chi connectivity index (χ0v) is 17.2. The molecule has 0 saturated carbocycles. The second-order valence-corrected chi connectivity index (χ2v) is 9.96. The largest absolute Gasteiger partial charge is 0.350 e. The molecule has 9 heteroatoms. The lowest BCUT2D eigenvalue weighted by atomic mass is 10.2. The number of sulfonamides is 1. The van der Waals surface area contributed by atoms with Gasteiger partial charge in [0.25, 0.3) is 5.91 Å². The van der Waals surface area contributed by atoms with E-state index in [-0.39, 0.29) is 16.8 Å². The molecule has 2 aliphatic heterocycles. The summed E-state index contributed by atoms with van der Waals surface area (Å²) < 4.78 is 26.7. The van der Waals surface area contributed by atoms with Crippen molar-refractivity contribution in [2.45, 2.75) is 36.6 Å². The summed E-state index contributed by atoms with van der Waals surface area (Å²) in [5, 5.41) is 5.94. The molecule has 2 saturated heterocycles. The minimum atomic E-state index is -3.45. The van der Waals surface area contributed by atoms with E-state index in [0.717, 1.165) is 37.4 Å². The van der Waals surface area contributed by atoms with Gasteiger partial charge in [-0.3, -0.25) is 4.79 Å². The summed E-state index contributed by atoms with van der Waals surface area (Å²) in [7, 11) is -3.45. The van der Waals surface area contributed by atoms with E-state index in [1.165, 1.54) is 16.4 Å². The van der Waals surface area contributed by atoms with Crippen LogP contribution in [0, 0.1) is 0 Å². The minimum absolute atomic E-state index is 0.184. The molecule has 28 heavy (non-hydrogen) atoms. The van der Waals surface area contributed by atoms with Crippen LogP contribution >= 0.6 is 11.3 Å². The summed E-state index contributed by atoms with van der Waals surface area (Å²) in [6.45, 7) is 2.65. The number of nitrogens with one attached hydrogen (secondary N) is 1. The van der Waals surface area contributed by atoms with Gasteiger partial charge in [0.15, 0.2) is 5.13 Å². The Morgan fingerprint density at radius 3 is 2.57 bits per heavy atom. The van der Waals surface area contributed by atoms with Crippen LogP contribution < -0.4 is 10.2 Å². The number of amides is 1. The van der Waals surface area contributed by atoms with Crippen LogP contribution in [0.2, 0.25) is 0 Å². The van der Waals surface area contributed by atoms with Gasteiger partial charge in [0.05, 0.1) is 4.90 Å². The van der Waals surface area contributed by atoms with Crippen LogP contribution in [0.4, 0.5) is 5.13 Å². The van der Waals surface area contributed by atoms with Crippen LogP contribution in [0.25, 0.3) is 0 Å². The molecule has 0 aliphatic carbocycles. The van der Waals surface area contributed by atoms with Crippen LogP contribution in [0.5, 0.6) is 0 Å². The number of aromatic nitrogens is 1. The maximum Gasteiger partial charge on any atom is 0.251 e. The third-order valence-corrected chi connectivity index (χ3v) is 8.08. The van der Waals surface area contributed by atoms with Gasteiger partial charge < -0.3 is 10.2 Å².